The summed E-state index contributed by atoms with van der Waals surface area (Å²) in [5, 5.41) is 16.3. The molecule has 0 fully saturated rings. The van der Waals surface area contributed by atoms with Crippen molar-refractivity contribution in [3.8, 4) is 0 Å². The zero-order chi connectivity index (χ0) is 11.8. The Kier molecular flexibility index (Phi) is 3.17. The first kappa shape index (κ1) is 12.1. The first-order chi connectivity index (χ1) is 6.78. The Hall–Kier alpha value is -0.925. The number of rotatable bonds is 2. The lowest BCUT2D eigenvalue weighted by Crippen LogP contribution is -2.43. The monoisotopic (exact) mass is 230 g/mol. The number of hydrogen-bond donors (Lipinski definition) is 2. The molecule has 1 aliphatic carbocycles. The van der Waals surface area contributed by atoms with Gasteiger partial charge in [-0.05, 0) is 0 Å². The number of halogens is 5. The summed E-state index contributed by atoms with van der Waals surface area (Å²) in [5.74, 6) is -10.4. The van der Waals surface area contributed by atoms with Crippen molar-refractivity contribution in [2.45, 2.75) is 12.0 Å². The van der Waals surface area contributed by atoms with Crippen LogP contribution in [0.4, 0.5) is 22.0 Å². The molecule has 0 radical (unpaired) electrons. The van der Waals surface area contributed by atoms with E-state index in [2.05, 4.69) is 4.65 Å². The minimum Gasteiger partial charge on any atom is -0.402 e. The second kappa shape index (κ2) is 3.91. The van der Waals surface area contributed by atoms with E-state index < -0.39 is 36.8 Å². The zero-order valence-electron chi connectivity index (χ0n) is 6.92. The summed E-state index contributed by atoms with van der Waals surface area (Å²) in [5.41, 5.74) is 0. The molecule has 0 aromatic rings. The molecule has 0 saturated carbocycles. The molecule has 2 atom stereocenters. The molecule has 9 heteroatoms. The van der Waals surface area contributed by atoms with Crippen LogP contribution in [0.25, 0.3) is 0 Å². The lowest BCUT2D eigenvalue weighted by molar-refractivity contribution is -0.102. The highest BCUT2D eigenvalue weighted by Gasteiger charge is 2.50. The van der Waals surface area contributed by atoms with Crippen LogP contribution in [0.3, 0.4) is 0 Å². The smallest absolute Gasteiger partial charge is 0.402 e. The highest BCUT2D eigenvalue weighted by atomic mass is 19.2. The van der Waals surface area contributed by atoms with Crippen LogP contribution in [0.1, 0.15) is 0 Å². The van der Waals surface area contributed by atoms with E-state index >= 15 is 0 Å². The predicted molar refractivity (Wildman–Crippen MR) is 38.4 cm³/mol. The van der Waals surface area contributed by atoms with Crippen LogP contribution in [0.2, 0.25) is 0 Å². The van der Waals surface area contributed by atoms with Gasteiger partial charge in [0.05, 0.1) is 0 Å². The van der Waals surface area contributed by atoms with Gasteiger partial charge in [0.1, 0.15) is 0 Å². The maximum Gasteiger partial charge on any atom is 0.636 e. The average Bonchev–Trinajstić information content (AvgIpc) is 2.10. The van der Waals surface area contributed by atoms with E-state index in [0.29, 0.717) is 0 Å². The molecule has 1 aliphatic rings. The molecule has 0 bridgehead atoms. The second-order valence-corrected chi connectivity index (χ2v) is 2.66. The third-order valence-corrected chi connectivity index (χ3v) is 1.60. The minimum atomic E-state index is -3.79. The van der Waals surface area contributed by atoms with Gasteiger partial charge in [0, 0.05) is 6.08 Å². The molecule has 15 heavy (non-hydrogen) atoms. The van der Waals surface area contributed by atoms with Gasteiger partial charge in [-0.2, -0.15) is 0 Å². The summed E-state index contributed by atoms with van der Waals surface area (Å²) in [6.07, 6.45) is -3.67. The predicted octanol–water partition coefficient (Wildman–Crippen LogP) is 0.994. The largest absolute Gasteiger partial charge is 0.636 e. The van der Waals surface area contributed by atoms with E-state index in [9.17, 15) is 22.0 Å². The summed E-state index contributed by atoms with van der Waals surface area (Å²) in [4.78, 5) is 0. The second-order valence-electron chi connectivity index (χ2n) is 2.66. The molecule has 0 saturated heterocycles. The molecule has 1 rings (SSSR count). The Morgan fingerprint density at radius 2 is 1.87 bits per heavy atom. The van der Waals surface area contributed by atoms with Gasteiger partial charge in [0.2, 0.25) is 6.17 Å². The number of allylic oxidation sites excluding steroid dienone is 2. The fourth-order valence-electron chi connectivity index (χ4n) is 0.963. The maximum absolute atomic E-state index is 13.2. The molecular formula is C6H4BF5O3. The van der Waals surface area contributed by atoms with Crippen LogP contribution in [-0.2, 0) is 4.65 Å². The van der Waals surface area contributed by atoms with Crippen LogP contribution in [0.15, 0.2) is 23.6 Å². The Bertz CT molecular complexity index is 331. The molecule has 84 valence electrons. The first-order valence-electron chi connectivity index (χ1n) is 3.59. The molecule has 0 amide bonds. The maximum atomic E-state index is 13.2. The van der Waals surface area contributed by atoms with Gasteiger partial charge in [0.25, 0.3) is 5.85 Å². The van der Waals surface area contributed by atoms with Crippen LogP contribution < -0.4 is 0 Å². The van der Waals surface area contributed by atoms with Crippen molar-refractivity contribution < 1.29 is 36.7 Å². The molecule has 0 spiro atoms. The Balaban J connectivity index is 3.05. The molecule has 0 aliphatic heterocycles. The molecule has 3 nitrogen and oxygen atoms in total. The Morgan fingerprint density at radius 3 is 2.33 bits per heavy atom. The summed E-state index contributed by atoms with van der Waals surface area (Å²) in [7, 11) is -2.80. The van der Waals surface area contributed by atoms with Crippen molar-refractivity contribution in [2.75, 3.05) is 0 Å². The van der Waals surface area contributed by atoms with Crippen molar-refractivity contribution >= 4 is 7.32 Å². The molecule has 0 heterocycles. The molecule has 0 aromatic carbocycles. The van der Waals surface area contributed by atoms with Gasteiger partial charge in [0.15, 0.2) is 17.5 Å². The Labute approximate surface area is 80.6 Å². The molecule has 0 aromatic heterocycles. The lowest BCUT2D eigenvalue weighted by atomic mass is 10.0. The minimum absolute atomic E-state index is 0.366. The van der Waals surface area contributed by atoms with Crippen LogP contribution in [0.5, 0.6) is 0 Å². The van der Waals surface area contributed by atoms with Gasteiger partial charge in [-0.3, -0.25) is 0 Å². The number of hydrogen-bond acceptors (Lipinski definition) is 3. The van der Waals surface area contributed by atoms with Gasteiger partial charge in [-0.15, -0.1) is 0 Å². The Morgan fingerprint density at radius 1 is 1.33 bits per heavy atom. The highest BCUT2D eigenvalue weighted by Crippen LogP contribution is 2.39. The van der Waals surface area contributed by atoms with E-state index in [4.69, 9.17) is 10.0 Å². The van der Waals surface area contributed by atoms with Crippen molar-refractivity contribution in [3.63, 3.8) is 0 Å². The fraction of sp³-hybridized carbons (Fsp3) is 0.333. The number of alkyl halides is 2. The summed E-state index contributed by atoms with van der Waals surface area (Å²) in [6, 6.07) is 0. The highest BCUT2D eigenvalue weighted by molar-refractivity contribution is 6.32. The average molecular weight is 230 g/mol. The third kappa shape index (κ3) is 2.19. The van der Waals surface area contributed by atoms with Gasteiger partial charge < -0.3 is 14.7 Å². The summed E-state index contributed by atoms with van der Waals surface area (Å²) in [6.45, 7) is 0. The van der Waals surface area contributed by atoms with Crippen molar-refractivity contribution in [3.05, 3.63) is 23.6 Å². The van der Waals surface area contributed by atoms with E-state index in [0.717, 1.165) is 0 Å². The van der Waals surface area contributed by atoms with Crippen LogP contribution in [0, 0.1) is 0 Å². The quantitative estimate of drug-likeness (QED) is 0.549. The third-order valence-electron chi connectivity index (χ3n) is 1.60. The molecule has 2 N–H and O–H groups in total. The van der Waals surface area contributed by atoms with E-state index in [1.54, 1.807) is 0 Å². The molecular weight excluding hydrogens is 226 g/mol. The molecule has 2 unspecified atom stereocenters. The summed E-state index contributed by atoms with van der Waals surface area (Å²) < 4.78 is 66.9. The SMILES string of the molecule is OB(O)OC1(F)C=C(F)C(F)=C(F)C1F. The van der Waals surface area contributed by atoms with E-state index in [1.807, 2.05) is 0 Å². The van der Waals surface area contributed by atoms with Crippen molar-refractivity contribution in [1.82, 2.24) is 0 Å². The van der Waals surface area contributed by atoms with Gasteiger partial charge in [-0.25, -0.2) is 22.0 Å². The van der Waals surface area contributed by atoms with E-state index in [-0.39, 0.29) is 6.08 Å². The first-order valence-corrected chi connectivity index (χ1v) is 3.59. The summed E-state index contributed by atoms with van der Waals surface area (Å²) >= 11 is 0. The lowest BCUT2D eigenvalue weighted by Gasteiger charge is -2.27. The van der Waals surface area contributed by atoms with Crippen molar-refractivity contribution in [2.24, 2.45) is 0 Å². The standard InChI is InChI=1S/C6H4BF5O3/c8-2-1-6(12,15-7(13)14)5(11)4(10)3(2)9/h1,5,13-14H. The topological polar surface area (TPSA) is 49.7 Å². The van der Waals surface area contributed by atoms with Crippen LogP contribution >= 0.6 is 0 Å². The zero-order valence-corrected chi connectivity index (χ0v) is 6.92. The van der Waals surface area contributed by atoms with Gasteiger partial charge in [-0.1, -0.05) is 0 Å². The van der Waals surface area contributed by atoms with Gasteiger partial charge >= 0.3 is 7.32 Å². The van der Waals surface area contributed by atoms with Crippen LogP contribution in [-0.4, -0.2) is 29.4 Å². The van der Waals surface area contributed by atoms with E-state index in [1.165, 1.54) is 0 Å². The fourth-order valence-corrected chi connectivity index (χ4v) is 0.963. The normalized spacial score (nSPS) is 31.7. The van der Waals surface area contributed by atoms with Crippen molar-refractivity contribution in [1.29, 1.82) is 0 Å².